The summed E-state index contributed by atoms with van der Waals surface area (Å²) in [6.45, 7) is 5.38. The van der Waals surface area contributed by atoms with Crippen molar-refractivity contribution in [1.82, 2.24) is 23.3 Å². The van der Waals surface area contributed by atoms with Gasteiger partial charge in [-0.15, -0.1) is 0 Å². The van der Waals surface area contributed by atoms with Gasteiger partial charge in [0.05, 0.1) is 38.3 Å². The number of morpholine rings is 1. The van der Waals surface area contributed by atoms with Crippen LogP contribution in [0, 0.1) is 0 Å². The average Bonchev–Trinajstić information content (AvgIpc) is 3.38. The summed E-state index contributed by atoms with van der Waals surface area (Å²) in [6.07, 6.45) is 8.31. The third-order valence-electron chi connectivity index (χ3n) is 7.25. The molecule has 0 radical (unpaired) electrons. The van der Waals surface area contributed by atoms with Gasteiger partial charge >= 0.3 is 17.9 Å². The third kappa shape index (κ3) is 8.94. The van der Waals surface area contributed by atoms with Gasteiger partial charge in [-0.1, -0.05) is 19.3 Å². The lowest BCUT2D eigenvalue weighted by Crippen LogP contribution is -2.54. The minimum atomic E-state index is -3.35. The Labute approximate surface area is 233 Å². The van der Waals surface area contributed by atoms with Gasteiger partial charge in [0.15, 0.2) is 5.60 Å². The number of hydrogen-bond donors (Lipinski definition) is 4. The molecule has 16 heteroatoms. The lowest BCUT2D eigenvalue weighted by Gasteiger charge is -2.37. The molecule has 2 saturated heterocycles. The van der Waals surface area contributed by atoms with Crippen LogP contribution in [-0.4, -0.2) is 128 Å². The van der Waals surface area contributed by atoms with E-state index in [-0.39, 0.29) is 0 Å². The summed E-state index contributed by atoms with van der Waals surface area (Å²) in [7, 11) is -3.35. The Bertz CT molecular complexity index is 1090. The Kier molecular flexibility index (Phi) is 11.4. The molecular formula is C24H39N5O10S. The van der Waals surface area contributed by atoms with Crippen LogP contribution >= 0.6 is 0 Å². The SMILES string of the molecule is O=C(O)CC(O)(CC(=O)O)C(=O)O.O=S(=O)(N1CCOCC1)N1CCN(Cc2cnn(C3CCCCC3)c2)CC1. The van der Waals surface area contributed by atoms with Gasteiger partial charge in [-0.2, -0.15) is 22.1 Å². The Hall–Kier alpha value is -2.63. The first-order valence-electron chi connectivity index (χ1n) is 13.4. The second-order valence-corrected chi connectivity index (χ2v) is 12.2. The molecule has 4 rings (SSSR count). The lowest BCUT2D eigenvalue weighted by molar-refractivity contribution is -0.170. The number of carboxylic acid groups (broad SMARTS) is 3. The molecule has 1 aromatic heterocycles. The molecule has 0 aromatic carbocycles. The summed E-state index contributed by atoms with van der Waals surface area (Å²) in [6, 6.07) is 0.558. The van der Waals surface area contributed by atoms with Crippen LogP contribution in [0.15, 0.2) is 12.4 Å². The molecule has 226 valence electrons. The summed E-state index contributed by atoms with van der Waals surface area (Å²) < 4.78 is 36.1. The van der Waals surface area contributed by atoms with Crippen LogP contribution in [-0.2, 0) is 35.9 Å². The highest BCUT2D eigenvalue weighted by Crippen LogP contribution is 2.27. The number of ether oxygens (including phenoxy) is 1. The third-order valence-corrected chi connectivity index (χ3v) is 9.28. The zero-order valence-electron chi connectivity index (χ0n) is 22.4. The van der Waals surface area contributed by atoms with Crippen LogP contribution in [0.1, 0.15) is 56.6 Å². The zero-order valence-corrected chi connectivity index (χ0v) is 23.2. The molecule has 2 aliphatic heterocycles. The van der Waals surface area contributed by atoms with Gasteiger partial charge in [-0.25, -0.2) is 4.79 Å². The normalized spacial score (nSPS) is 20.4. The second kappa shape index (κ2) is 14.3. The van der Waals surface area contributed by atoms with Crippen molar-refractivity contribution >= 4 is 28.1 Å². The molecule has 4 N–H and O–H groups in total. The fourth-order valence-electron chi connectivity index (χ4n) is 5.04. The van der Waals surface area contributed by atoms with Crippen molar-refractivity contribution in [3.63, 3.8) is 0 Å². The van der Waals surface area contributed by atoms with Gasteiger partial charge in [0.1, 0.15) is 0 Å². The highest BCUT2D eigenvalue weighted by atomic mass is 32.2. The van der Waals surface area contributed by atoms with Crippen molar-refractivity contribution in [1.29, 1.82) is 0 Å². The van der Waals surface area contributed by atoms with E-state index in [1.165, 1.54) is 37.7 Å². The molecule has 0 bridgehead atoms. The molecule has 0 atom stereocenters. The molecule has 1 aliphatic carbocycles. The van der Waals surface area contributed by atoms with Crippen molar-refractivity contribution in [2.75, 3.05) is 52.5 Å². The predicted octanol–water partition coefficient (Wildman–Crippen LogP) is -0.166. The first-order chi connectivity index (χ1) is 18.9. The first-order valence-corrected chi connectivity index (χ1v) is 14.8. The Morgan fingerprint density at radius 3 is 1.98 bits per heavy atom. The molecule has 3 aliphatic rings. The summed E-state index contributed by atoms with van der Waals surface area (Å²) in [4.78, 5) is 32.8. The van der Waals surface area contributed by atoms with Crippen molar-refractivity contribution in [2.24, 2.45) is 0 Å². The first kappa shape index (κ1) is 31.9. The number of nitrogens with zero attached hydrogens (tertiary/aromatic N) is 5. The van der Waals surface area contributed by atoms with Crippen LogP contribution in [0.3, 0.4) is 0 Å². The maximum atomic E-state index is 12.7. The Morgan fingerprint density at radius 2 is 1.45 bits per heavy atom. The zero-order chi connectivity index (χ0) is 29.3. The smallest absolute Gasteiger partial charge is 0.336 e. The van der Waals surface area contributed by atoms with Gasteiger partial charge in [0.25, 0.3) is 10.2 Å². The Morgan fingerprint density at radius 1 is 0.900 bits per heavy atom. The molecule has 1 saturated carbocycles. The van der Waals surface area contributed by atoms with Gasteiger partial charge in [0, 0.05) is 57.6 Å². The van der Waals surface area contributed by atoms with Crippen LogP contribution in [0.4, 0.5) is 0 Å². The summed E-state index contributed by atoms with van der Waals surface area (Å²) in [5.74, 6) is -5.02. The molecule has 1 aromatic rings. The largest absolute Gasteiger partial charge is 0.481 e. The van der Waals surface area contributed by atoms with Crippen LogP contribution < -0.4 is 0 Å². The van der Waals surface area contributed by atoms with Gasteiger partial charge < -0.3 is 25.2 Å². The lowest BCUT2D eigenvalue weighted by atomic mass is 9.96. The Balaban J connectivity index is 0.000000289. The number of carboxylic acids is 3. The second-order valence-electron chi connectivity index (χ2n) is 10.3. The molecule has 15 nitrogen and oxygen atoms in total. The number of aromatic nitrogens is 2. The van der Waals surface area contributed by atoms with E-state index in [2.05, 4.69) is 20.9 Å². The highest BCUT2D eigenvalue weighted by molar-refractivity contribution is 7.86. The maximum Gasteiger partial charge on any atom is 0.336 e. The van der Waals surface area contributed by atoms with E-state index >= 15 is 0 Å². The minimum absolute atomic E-state index is 0.461. The van der Waals surface area contributed by atoms with E-state index in [1.807, 2.05) is 6.20 Å². The molecule has 0 unspecified atom stereocenters. The fourth-order valence-corrected chi connectivity index (χ4v) is 6.60. The van der Waals surface area contributed by atoms with Gasteiger partial charge in [-0.05, 0) is 12.8 Å². The van der Waals surface area contributed by atoms with Crippen molar-refractivity contribution in [3.05, 3.63) is 18.0 Å². The van der Waals surface area contributed by atoms with Crippen molar-refractivity contribution < 1.29 is 48.0 Å². The van der Waals surface area contributed by atoms with Crippen LogP contribution in [0.5, 0.6) is 0 Å². The van der Waals surface area contributed by atoms with E-state index in [9.17, 15) is 22.8 Å². The standard InChI is InChI=1S/C18H31N5O3S.C6H8O7/c24-27(25,22-10-12-26-13-11-22)21-8-6-20(7-9-21)15-17-14-19-23(16-17)18-4-2-1-3-5-18;7-3(8)1-6(13,5(11)12)2-4(9)10/h14,16,18H,1-13,15H2;13H,1-2H2,(H,7,8)(H,9,10)(H,11,12). The van der Waals surface area contributed by atoms with E-state index < -0.39 is 46.6 Å². The topological polar surface area (TPSA) is 203 Å². The highest BCUT2D eigenvalue weighted by Gasteiger charge is 2.40. The summed E-state index contributed by atoms with van der Waals surface area (Å²) >= 11 is 0. The monoisotopic (exact) mass is 589 g/mol. The number of hydrogen-bond acceptors (Lipinski definition) is 9. The number of carbonyl (C=O) groups is 3. The van der Waals surface area contributed by atoms with Crippen molar-refractivity contribution in [3.8, 4) is 0 Å². The molecule has 3 heterocycles. The minimum Gasteiger partial charge on any atom is -0.481 e. The summed E-state index contributed by atoms with van der Waals surface area (Å²) in [5, 5.41) is 38.4. The molecule has 0 amide bonds. The quantitative estimate of drug-likeness (QED) is 0.281. The molecule has 3 fully saturated rings. The van der Waals surface area contributed by atoms with E-state index in [4.69, 9.17) is 25.2 Å². The van der Waals surface area contributed by atoms with Crippen LogP contribution in [0.2, 0.25) is 0 Å². The summed E-state index contributed by atoms with van der Waals surface area (Å²) in [5.41, 5.74) is -1.51. The van der Waals surface area contributed by atoms with Gasteiger partial charge in [0.2, 0.25) is 0 Å². The van der Waals surface area contributed by atoms with E-state index in [0.29, 0.717) is 45.4 Å². The fraction of sp³-hybridized carbons (Fsp3) is 0.750. The molecule has 40 heavy (non-hydrogen) atoms. The number of aliphatic hydroxyl groups is 1. The predicted molar refractivity (Wildman–Crippen MR) is 140 cm³/mol. The van der Waals surface area contributed by atoms with E-state index in [1.54, 1.807) is 8.61 Å². The van der Waals surface area contributed by atoms with Crippen LogP contribution in [0.25, 0.3) is 0 Å². The average molecular weight is 590 g/mol. The number of aliphatic carboxylic acids is 3. The molecular weight excluding hydrogens is 550 g/mol. The van der Waals surface area contributed by atoms with Crippen molar-refractivity contribution in [2.45, 2.75) is 63.1 Å². The maximum absolute atomic E-state index is 12.7. The molecule has 0 spiro atoms. The number of rotatable bonds is 10. The number of piperazine rings is 1. The van der Waals surface area contributed by atoms with Gasteiger partial charge in [-0.3, -0.25) is 19.2 Å². The van der Waals surface area contributed by atoms with E-state index in [0.717, 1.165) is 19.6 Å².